The number of ether oxygens (including phenoxy) is 2. The molecular formula is C19H23N3O2. The number of methoxy groups -OCH3 is 2. The van der Waals surface area contributed by atoms with Crippen molar-refractivity contribution in [2.24, 2.45) is 15.9 Å². The molecule has 0 saturated carbocycles. The topological polar surface area (TPSA) is 56.1 Å². The number of rotatable bonds is 3. The largest absolute Gasteiger partial charge is 0.483 e. The van der Waals surface area contributed by atoms with E-state index in [0.717, 1.165) is 17.3 Å². The normalized spacial score (nSPS) is 20.7. The van der Waals surface area contributed by atoms with Gasteiger partial charge in [0.15, 0.2) is 0 Å². The molecule has 3 rings (SSSR count). The van der Waals surface area contributed by atoms with Crippen LogP contribution in [0.5, 0.6) is 0 Å². The Labute approximate surface area is 142 Å². The smallest absolute Gasteiger partial charge is 0.209 e. The predicted molar refractivity (Wildman–Crippen MR) is 96.7 cm³/mol. The molecule has 0 aliphatic carbocycles. The van der Waals surface area contributed by atoms with Crippen molar-refractivity contribution in [1.82, 2.24) is 4.98 Å². The van der Waals surface area contributed by atoms with Gasteiger partial charge in [0.25, 0.3) is 0 Å². The molecule has 5 heteroatoms. The van der Waals surface area contributed by atoms with Gasteiger partial charge in [0.2, 0.25) is 11.8 Å². The van der Waals surface area contributed by atoms with E-state index in [1.54, 1.807) is 20.4 Å². The zero-order valence-corrected chi connectivity index (χ0v) is 14.6. The molecule has 0 spiro atoms. The van der Waals surface area contributed by atoms with Gasteiger partial charge in [0.05, 0.1) is 19.7 Å². The Bertz CT molecular complexity index is 783. The summed E-state index contributed by atoms with van der Waals surface area (Å²) < 4.78 is 11.0. The van der Waals surface area contributed by atoms with E-state index in [1.807, 2.05) is 12.1 Å². The van der Waals surface area contributed by atoms with Gasteiger partial charge < -0.3 is 9.47 Å². The predicted octanol–water partition coefficient (Wildman–Crippen LogP) is 3.27. The maximum absolute atomic E-state index is 5.51. The second kappa shape index (κ2) is 6.99. The molecule has 0 fully saturated rings. The number of nitrogens with zero attached hydrogens (tertiary/aromatic N) is 3. The van der Waals surface area contributed by atoms with E-state index < -0.39 is 0 Å². The lowest BCUT2D eigenvalue weighted by molar-refractivity contribution is 0.333. The molecule has 0 bridgehead atoms. The summed E-state index contributed by atoms with van der Waals surface area (Å²) in [6.45, 7) is 4.21. The number of fused-ring (bicyclic) bond motifs is 1. The number of aliphatic imine (C=N–C) groups is 2. The summed E-state index contributed by atoms with van der Waals surface area (Å²) in [4.78, 5) is 13.8. The van der Waals surface area contributed by atoms with Gasteiger partial charge in [-0.15, -0.1) is 0 Å². The van der Waals surface area contributed by atoms with Crippen molar-refractivity contribution in [2.75, 3.05) is 14.2 Å². The van der Waals surface area contributed by atoms with Gasteiger partial charge in [0.1, 0.15) is 12.1 Å². The van der Waals surface area contributed by atoms with Gasteiger partial charge in [0, 0.05) is 18.0 Å². The van der Waals surface area contributed by atoms with Crippen LogP contribution in [-0.2, 0) is 15.9 Å². The average molecular weight is 325 g/mol. The molecule has 126 valence electrons. The molecule has 0 N–H and O–H groups in total. The lowest BCUT2D eigenvalue weighted by Gasteiger charge is -2.27. The Balaban J connectivity index is 1.89. The van der Waals surface area contributed by atoms with E-state index in [4.69, 9.17) is 19.5 Å². The van der Waals surface area contributed by atoms with Crippen molar-refractivity contribution in [3.05, 3.63) is 42.1 Å². The van der Waals surface area contributed by atoms with E-state index in [2.05, 4.69) is 37.0 Å². The minimum atomic E-state index is -0.158. The second-order valence-electron chi connectivity index (χ2n) is 6.28. The summed E-state index contributed by atoms with van der Waals surface area (Å²) >= 11 is 0. The third-order valence-corrected chi connectivity index (χ3v) is 4.23. The first-order chi connectivity index (χ1) is 11.6. The molecule has 1 aromatic heterocycles. The lowest BCUT2D eigenvalue weighted by atomic mass is 10.00. The van der Waals surface area contributed by atoms with Crippen LogP contribution in [0.15, 0.2) is 46.5 Å². The van der Waals surface area contributed by atoms with Crippen molar-refractivity contribution >= 4 is 22.7 Å². The van der Waals surface area contributed by atoms with Crippen LogP contribution in [0.3, 0.4) is 0 Å². The summed E-state index contributed by atoms with van der Waals surface area (Å²) in [5, 5.41) is 1.12. The van der Waals surface area contributed by atoms with E-state index in [0.29, 0.717) is 17.7 Å². The third kappa shape index (κ3) is 3.25. The molecule has 0 saturated heterocycles. The molecule has 2 unspecified atom stereocenters. The van der Waals surface area contributed by atoms with Crippen LogP contribution in [0.1, 0.15) is 19.4 Å². The van der Waals surface area contributed by atoms with Crippen LogP contribution < -0.4 is 0 Å². The van der Waals surface area contributed by atoms with E-state index in [9.17, 15) is 0 Å². The molecule has 1 aromatic carbocycles. The SMILES string of the molecule is COC1=NC(C(C)C)C(OC)=NC1Cc1ccc2ncccc2c1. The Morgan fingerprint density at radius 2 is 1.83 bits per heavy atom. The Kier molecular flexibility index (Phi) is 4.79. The number of aromatic nitrogens is 1. The quantitative estimate of drug-likeness (QED) is 0.870. The van der Waals surface area contributed by atoms with Crippen LogP contribution in [0.4, 0.5) is 0 Å². The van der Waals surface area contributed by atoms with Crippen LogP contribution in [0.2, 0.25) is 0 Å². The molecule has 0 amide bonds. The van der Waals surface area contributed by atoms with E-state index in [-0.39, 0.29) is 12.1 Å². The van der Waals surface area contributed by atoms with Crippen molar-refractivity contribution in [3.8, 4) is 0 Å². The fourth-order valence-corrected chi connectivity index (χ4v) is 2.97. The van der Waals surface area contributed by atoms with Crippen molar-refractivity contribution in [3.63, 3.8) is 0 Å². The molecule has 0 radical (unpaired) electrons. The highest BCUT2D eigenvalue weighted by atomic mass is 16.5. The zero-order chi connectivity index (χ0) is 17.1. The van der Waals surface area contributed by atoms with Crippen LogP contribution >= 0.6 is 0 Å². The first-order valence-corrected chi connectivity index (χ1v) is 8.19. The van der Waals surface area contributed by atoms with Crippen LogP contribution in [0, 0.1) is 5.92 Å². The maximum atomic E-state index is 5.51. The van der Waals surface area contributed by atoms with Gasteiger partial charge in [-0.05, 0) is 29.7 Å². The Hall–Kier alpha value is -2.43. The molecule has 2 atom stereocenters. The number of pyridine rings is 1. The molecule has 1 aliphatic heterocycles. The highest BCUT2D eigenvalue weighted by molar-refractivity contribution is 5.94. The summed E-state index contributed by atoms with van der Waals surface area (Å²) in [7, 11) is 3.31. The number of hydrogen-bond acceptors (Lipinski definition) is 5. The first-order valence-electron chi connectivity index (χ1n) is 8.19. The van der Waals surface area contributed by atoms with Crippen molar-refractivity contribution in [2.45, 2.75) is 32.4 Å². The highest BCUT2D eigenvalue weighted by Crippen LogP contribution is 2.21. The van der Waals surface area contributed by atoms with Crippen LogP contribution in [0.25, 0.3) is 10.9 Å². The van der Waals surface area contributed by atoms with E-state index >= 15 is 0 Å². The molecule has 1 aliphatic rings. The minimum absolute atomic E-state index is 0.0815. The van der Waals surface area contributed by atoms with Gasteiger partial charge >= 0.3 is 0 Å². The number of benzene rings is 1. The molecular weight excluding hydrogens is 302 g/mol. The Morgan fingerprint density at radius 3 is 2.54 bits per heavy atom. The monoisotopic (exact) mass is 325 g/mol. The molecule has 24 heavy (non-hydrogen) atoms. The zero-order valence-electron chi connectivity index (χ0n) is 14.6. The average Bonchev–Trinajstić information content (AvgIpc) is 2.61. The van der Waals surface area contributed by atoms with E-state index in [1.165, 1.54) is 5.56 Å². The fraction of sp³-hybridized carbons (Fsp3) is 0.421. The minimum Gasteiger partial charge on any atom is -0.483 e. The maximum Gasteiger partial charge on any atom is 0.209 e. The van der Waals surface area contributed by atoms with Gasteiger partial charge in [-0.2, -0.15) is 0 Å². The summed E-state index contributed by atoms with van der Waals surface area (Å²) in [6.07, 6.45) is 2.52. The van der Waals surface area contributed by atoms with Gasteiger partial charge in [-0.1, -0.05) is 26.0 Å². The molecule has 2 aromatic rings. The van der Waals surface area contributed by atoms with Crippen molar-refractivity contribution in [1.29, 1.82) is 0 Å². The first kappa shape index (κ1) is 16.4. The number of hydrogen-bond donors (Lipinski definition) is 0. The fourth-order valence-electron chi connectivity index (χ4n) is 2.97. The summed E-state index contributed by atoms with van der Waals surface area (Å²) in [5.41, 5.74) is 2.17. The summed E-state index contributed by atoms with van der Waals surface area (Å²) in [5.74, 6) is 1.65. The summed E-state index contributed by atoms with van der Waals surface area (Å²) in [6, 6.07) is 10.0. The van der Waals surface area contributed by atoms with Crippen molar-refractivity contribution < 1.29 is 9.47 Å². The second-order valence-corrected chi connectivity index (χ2v) is 6.28. The standard InChI is InChI=1S/C19H23N3O2/c1-12(2)17-19(24-4)21-16(18(22-17)23-3)11-13-7-8-15-14(10-13)6-5-9-20-15/h5-10,12,16-17H,11H2,1-4H3. The third-order valence-electron chi connectivity index (χ3n) is 4.23. The highest BCUT2D eigenvalue weighted by Gasteiger charge is 2.30. The molecule has 5 nitrogen and oxygen atoms in total. The molecule has 2 heterocycles. The van der Waals surface area contributed by atoms with Gasteiger partial charge in [-0.25, -0.2) is 9.98 Å². The van der Waals surface area contributed by atoms with Gasteiger partial charge in [-0.3, -0.25) is 4.98 Å². The van der Waals surface area contributed by atoms with Crippen LogP contribution in [-0.4, -0.2) is 43.1 Å². The Morgan fingerprint density at radius 1 is 1.04 bits per heavy atom. The lowest BCUT2D eigenvalue weighted by Crippen LogP contribution is -2.38.